The quantitative estimate of drug-likeness (QED) is 0.644. The lowest BCUT2D eigenvalue weighted by Gasteiger charge is -1.94. The van der Waals surface area contributed by atoms with E-state index in [4.69, 9.17) is 5.11 Å². The molecule has 1 aromatic heterocycles. The van der Waals surface area contributed by atoms with Gasteiger partial charge in [0.2, 0.25) is 0 Å². The molecule has 4 heteroatoms. The maximum absolute atomic E-state index is 8.06. The lowest BCUT2D eigenvalue weighted by Crippen LogP contribution is -1.85. The minimum absolute atomic E-state index is 0. The Balaban J connectivity index is 0.000000602. The van der Waals surface area contributed by atoms with Crippen molar-refractivity contribution in [3.8, 4) is 11.3 Å². The van der Waals surface area contributed by atoms with Gasteiger partial charge in [-0.3, -0.25) is 0 Å². The van der Waals surface area contributed by atoms with Crippen molar-refractivity contribution < 1.29 is 5.11 Å². The first-order chi connectivity index (χ1) is 9.16. The zero-order valence-corrected chi connectivity index (χ0v) is 13.7. The van der Waals surface area contributed by atoms with Crippen LogP contribution in [0.2, 0.25) is 0 Å². The topological polar surface area (TPSA) is 36.0 Å². The lowest BCUT2D eigenvalue weighted by molar-refractivity contribution is 0.216. The molecule has 1 heterocycles. The number of aliphatic hydroxyl groups is 1. The fourth-order valence-corrected chi connectivity index (χ4v) is 1.85. The summed E-state index contributed by atoms with van der Waals surface area (Å²) in [4.78, 5) is 3.41. The van der Waals surface area contributed by atoms with E-state index >= 15 is 0 Å². The number of aromatic amines is 1. The van der Waals surface area contributed by atoms with E-state index in [1.165, 1.54) is 22.2 Å². The fraction of sp³-hybridized carbons (Fsp3) is 0.176. The van der Waals surface area contributed by atoms with Crippen LogP contribution in [0.3, 0.4) is 0 Å². The standard InChI is InChI=1S/C14H11N.C3H8O.2ClH/c1-2-6-11(7-3-1)14-10-12-8-4-5-9-13(12)15-14;1-3(2)4;;/h1-10,15H;3-4H,1-2H3;2*1H. The Morgan fingerprint density at radius 3 is 1.95 bits per heavy atom. The molecule has 3 rings (SSSR count). The van der Waals surface area contributed by atoms with Crippen LogP contribution in [-0.2, 0) is 0 Å². The monoisotopic (exact) mass is 325 g/mol. The van der Waals surface area contributed by atoms with E-state index in [1.807, 2.05) is 12.1 Å². The van der Waals surface area contributed by atoms with Gasteiger partial charge in [0.05, 0.1) is 0 Å². The molecule has 0 spiro atoms. The number of benzene rings is 2. The minimum Gasteiger partial charge on any atom is -0.394 e. The van der Waals surface area contributed by atoms with Crippen LogP contribution in [-0.4, -0.2) is 16.2 Å². The van der Waals surface area contributed by atoms with E-state index in [1.54, 1.807) is 13.8 Å². The second kappa shape index (κ2) is 9.46. The zero-order chi connectivity index (χ0) is 13.7. The summed E-state index contributed by atoms with van der Waals surface area (Å²) < 4.78 is 0. The summed E-state index contributed by atoms with van der Waals surface area (Å²) in [6.45, 7) is 3.44. The molecule has 0 atom stereocenters. The Morgan fingerprint density at radius 2 is 1.38 bits per heavy atom. The van der Waals surface area contributed by atoms with Crippen molar-refractivity contribution in [3.63, 3.8) is 0 Å². The van der Waals surface area contributed by atoms with E-state index in [2.05, 4.69) is 53.5 Å². The molecule has 0 amide bonds. The lowest BCUT2D eigenvalue weighted by atomic mass is 10.1. The van der Waals surface area contributed by atoms with E-state index in [0.29, 0.717) is 0 Å². The Morgan fingerprint density at radius 1 is 0.857 bits per heavy atom. The van der Waals surface area contributed by atoms with Crippen LogP contribution in [0.5, 0.6) is 0 Å². The molecule has 0 bridgehead atoms. The number of halogens is 2. The van der Waals surface area contributed by atoms with Crippen molar-refractivity contribution in [1.82, 2.24) is 4.98 Å². The fourth-order valence-electron chi connectivity index (χ4n) is 1.85. The second-order valence-corrected chi connectivity index (χ2v) is 4.73. The van der Waals surface area contributed by atoms with Crippen LogP contribution in [0.4, 0.5) is 0 Å². The maximum atomic E-state index is 8.06. The third-order valence-electron chi connectivity index (χ3n) is 2.61. The molecule has 0 saturated carbocycles. The van der Waals surface area contributed by atoms with E-state index in [0.717, 1.165) is 0 Å². The molecule has 114 valence electrons. The number of nitrogens with one attached hydrogen (secondary N) is 1. The highest BCUT2D eigenvalue weighted by molar-refractivity contribution is 5.86. The number of H-pyrrole nitrogens is 1. The van der Waals surface area contributed by atoms with E-state index < -0.39 is 0 Å². The number of hydrogen-bond donors (Lipinski definition) is 2. The largest absolute Gasteiger partial charge is 0.394 e. The van der Waals surface area contributed by atoms with Crippen LogP contribution < -0.4 is 0 Å². The predicted octanol–water partition coefficient (Wildman–Crippen LogP) is 5.07. The van der Waals surface area contributed by atoms with Crippen molar-refractivity contribution >= 4 is 35.7 Å². The van der Waals surface area contributed by atoms with Crippen molar-refractivity contribution in [3.05, 3.63) is 60.7 Å². The maximum Gasteiger partial charge on any atom is 0.0483 e. The smallest absolute Gasteiger partial charge is 0.0483 e. The molecule has 0 aliphatic heterocycles. The second-order valence-electron chi connectivity index (χ2n) is 4.73. The molecular formula is C17H21Cl2NO. The summed E-state index contributed by atoms with van der Waals surface area (Å²) in [5, 5.41) is 9.32. The number of fused-ring (bicyclic) bond motifs is 1. The Labute approximate surface area is 138 Å². The summed E-state index contributed by atoms with van der Waals surface area (Å²) in [7, 11) is 0. The zero-order valence-electron chi connectivity index (χ0n) is 12.1. The van der Waals surface area contributed by atoms with Crippen LogP contribution in [0.15, 0.2) is 60.7 Å². The molecular weight excluding hydrogens is 305 g/mol. The van der Waals surface area contributed by atoms with Gasteiger partial charge in [-0.25, -0.2) is 0 Å². The summed E-state index contributed by atoms with van der Waals surface area (Å²) in [5.74, 6) is 0. The van der Waals surface area contributed by atoms with Crippen molar-refractivity contribution in [2.75, 3.05) is 0 Å². The third-order valence-corrected chi connectivity index (χ3v) is 2.61. The van der Waals surface area contributed by atoms with Gasteiger partial charge >= 0.3 is 0 Å². The van der Waals surface area contributed by atoms with E-state index in [-0.39, 0.29) is 30.9 Å². The normalized spacial score (nSPS) is 9.33. The van der Waals surface area contributed by atoms with Crippen LogP contribution in [0, 0.1) is 0 Å². The van der Waals surface area contributed by atoms with Gasteiger partial charge in [-0.15, -0.1) is 24.8 Å². The van der Waals surface area contributed by atoms with Crippen LogP contribution in [0.25, 0.3) is 22.2 Å². The van der Waals surface area contributed by atoms with E-state index in [9.17, 15) is 0 Å². The summed E-state index contributed by atoms with van der Waals surface area (Å²) >= 11 is 0. The first-order valence-electron chi connectivity index (χ1n) is 6.48. The number of rotatable bonds is 1. The Hall–Kier alpha value is -1.48. The number of aromatic nitrogens is 1. The molecule has 2 N–H and O–H groups in total. The van der Waals surface area contributed by atoms with Crippen LogP contribution >= 0.6 is 24.8 Å². The molecule has 2 nitrogen and oxygen atoms in total. The SMILES string of the molecule is CC(C)O.Cl.Cl.c1ccc(-c2cc3ccccc3[nH]2)cc1. The van der Waals surface area contributed by atoms with Gasteiger partial charge in [0.25, 0.3) is 0 Å². The average Bonchev–Trinajstić information content (AvgIpc) is 2.83. The molecule has 3 aromatic rings. The van der Waals surface area contributed by atoms with Gasteiger partial charge < -0.3 is 10.1 Å². The van der Waals surface area contributed by atoms with Gasteiger partial charge in [-0.1, -0.05) is 48.5 Å². The Kier molecular flexibility index (Phi) is 8.79. The summed E-state index contributed by atoms with van der Waals surface area (Å²) in [5.41, 5.74) is 3.60. The molecule has 0 aliphatic carbocycles. The highest BCUT2D eigenvalue weighted by atomic mass is 35.5. The molecule has 0 saturated heterocycles. The number of hydrogen-bond acceptors (Lipinski definition) is 1. The third kappa shape index (κ3) is 5.80. The van der Waals surface area contributed by atoms with Gasteiger partial charge in [0.1, 0.15) is 0 Å². The summed E-state index contributed by atoms with van der Waals surface area (Å²) in [6.07, 6.45) is -0.167. The molecule has 0 radical (unpaired) electrons. The molecule has 0 aliphatic rings. The van der Waals surface area contributed by atoms with Crippen molar-refractivity contribution in [2.45, 2.75) is 20.0 Å². The molecule has 0 fully saturated rings. The van der Waals surface area contributed by atoms with Gasteiger partial charge in [-0.2, -0.15) is 0 Å². The van der Waals surface area contributed by atoms with Gasteiger partial charge in [0, 0.05) is 22.7 Å². The Bertz CT molecular complexity index is 600. The average molecular weight is 326 g/mol. The van der Waals surface area contributed by atoms with Crippen LogP contribution in [0.1, 0.15) is 13.8 Å². The first-order valence-corrected chi connectivity index (χ1v) is 6.48. The summed E-state index contributed by atoms with van der Waals surface area (Å²) in [6, 6.07) is 20.9. The van der Waals surface area contributed by atoms with Gasteiger partial charge in [0.15, 0.2) is 0 Å². The molecule has 0 unspecified atom stereocenters. The first kappa shape index (κ1) is 19.5. The highest BCUT2D eigenvalue weighted by Gasteiger charge is 2.00. The highest BCUT2D eigenvalue weighted by Crippen LogP contribution is 2.23. The van der Waals surface area contributed by atoms with Gasteiger partial charge in [-0.05, 0) is 31.5 Å². The molecule has 2 aromatic carbocycles. The predicted molar refractivity (Wildman–Crippen MR) is 95.6 cm³/mol. The number of para-hydroxylation sites is 1. The molecule has 21 heavy (non-hydrogen) atoms. The van der Waals surface area contributed by atoms with Crippen molar-refractivity contribution in [2.24, 2.45) is 0 Å². The minimum atomic E-state index is -0.167. The van der Waals surface area contributed by atoms with Crippen molar-refractivity contribution in [1.29, 1.82) is 0 Å². The number of aliphatic hydroxyl groups excluding tert-OH is 1.